The second kappa shape index (κ2) is 8.92. The summed E-state index contributed by atoms with van der Waals surface area (Å²) in [6.45, 7) is 0.212. The van der Waals surface area contributed by atoms with E-state index in [9.17, 15) is 13.2 Å². The molecule has 0 atom stereocenters. The fourth-order valence-electron chi connectivity index (χ4n) is 1.73. The number of anilines is 1. The van der Waals surface area contributed by atoms with Crippen LogP contribution in [-0.2, 0) is 6.54 Å². The number of guanidine groups is 1. The third kappa shape index (κ3) is 8.03. The van der Waals surface area contributed by atoms with Crippen LogP contribution in [0.4, 0.5) is 18.3 Å². The SMILES string of the molecule is CN=C(NCCN(C)CC(F)(F)F)NCc1csc(N(C)C)n1. The summed E-state index contributed by atoms with van der Waals surface area (Å²) in [5.74, 6) is 0.532. The second-order valence-corrected chi connectivity index (χ2v) is 6.06. The highest BCUT2D eigenvalue weighted by atomic mass is 32.1. The van der Waals surface area contributed by atoms with E-state index in [4.69, 9.17) is 0 Å². The minimum absolute atomic E-state index is 0.266. The van der Waals surface area contributed by atoms with E-state index in [1.807, 2.05) is 24.4 Å². The highest BCUT2D eigenvalue weighted by molar-refractivity contribution is 7.13. The van der Waals surface area contributed by atoms with Gasteiger partial charge in [0.25, 0.3) is 0 Å². The number of nitrogens with one attached hydrogen (secondary N) is 2. The third-order valence-electron chi connectivity index (χ3n) is 2.82. The number of nitrogens with zero attached hydrogens (tertiary/aromatic N) is 4. The summed E-state index contributed by atoms with van der Waals surface area (Å²) in [5.41, 5.74) is 0.885. The molecular weight excluding hydrogens is 329 g/mol. The lowest BCUT2D eigenvalue weighted by atomic mass is 10.4. The minimum atomic E-state index is -4.18. The molecule has 1 aromatic rings. The molecule has 0 aliphatic rings. The monoisotopic (exact) mass is 352 g/mol. The molecule has 0 fully saturated rings. The van der Waals surface area contributed by atoms with Gasteiger partial charge in [0.1, 0.15) is 0 Å². The van der Waals surface area contributed by atoms with Gasteiger partial charge in [-0.05, 0) is 7.05 Å². The number of halogens is 3. The highest BCUT2D eigenvalue weighted by Crippen LogP contribution is 2.17. The molecule has 0 saturated heterocycles. The topological polar surface area (TPSA) is 55.8 Å². The molecule has 1 aromatic heterocycles. The largest absolute Gasteiger partial charge is 0.401 e. The first kappa shape index (κ1) is 19.5. The maximum Gasteiger partial charge on any atom is 0.401 e. The molecule has 0 bridgehead atoms. The third-order valence-corrected chi connectivity index (χ3v) is 3.88. The van der Waals surface area contributed by atoms with Crippen LogP contribution in [0.25, 0.3) is 0 Å². The minimum Gasteiger partial charge on any atom is -0.355 e. The Morgan fingerprint density at radius 1 is 1.30 bits per heavy atom. The van der Waals surface area contributed by atoms with Gasteiger partial charge in [-0.3, -0.25) is 9.89 Å². The first-order valence-electron chi connectivity index (χ1n) is 7.03. The van der Waals surface area contributed by atoms with Crippen LogP contribution in [0.5, 0.6) is 0 Å². The van der Waals surface area contributed by atoms with Crippen molar-refractivity contribution >= 4 is 22.4 Å². The molecule has 10 heteroatoms. The molecule has 0 saturated carbocycles. The number of rotatable bonds is 7. The number of hydrogen-bond donors (Lipinski definition) is 2. The number of aliphatic imine (C=N–C) groups is 1. The smallest absolute Gasteiger partial charge is 0.355 e. The Morgan fingerprint density at radius 3 is 2.52 bits per heavy atom. The van der Waals surface area contributed by atoms with Crippen molar-refractivity contribution in [3.8, 4) is 0 Å². The number of aromatic nitrogens is 1. The first-order valence-corrected chi connectivity index (χ1v) is 7.91. The molecule has 0 spiro atoms. The zero-order chi connectivity index (χ0) is 17.5. The van der Waals surface area contributed by atoms with Crippen LogP contribution in [0.2, 0.25) is 0 Å². The molecule has 132 valence electrons. The predicted octanol–water partition coefficient (Wildman–Crippen LogP) is 1.37. The summed E-state index contributed by atoms with van der Waals surface area (Å²) in [6, 6.07) is 0. The van der Waals surface area contributed by atoms with E-state index in [2.05, 4.69) is 20.6 Å². The van der Waals surface area contributed by atoms with Crippen molar-refractivity contribution in [2.45, 2.75) is 12.7 Å². The van der Waals surface area contributed by atoms with E-state index in [1.54, 1.807) is 18.4 Å². The quantitative estimate of drug-likeness (QED) is 0.573. The van der Waals surface area contributed by atoms with Crippen molar-refractivity contribution in [2.75, 3.05) is 52.7 Å². The average molecular weight is 352 g/mol. The Labute approximate surface area is 138 Å². The standard InChI is InChI=1S/C13H23F3N6S/c1-17-11(18-5-6-22(4)9-13(14,15)16)19-7-10-8-23-12(20-10)21(2)3/h8H,5-7,9H2,1-4H3,(H2,17,18,19). The van der Waals surface area contributed by atoms with Gasteiger partial charge in [-0.2, -0.15) is 13.2 Å². The summed E-state index contributed by atoms with van der Waals surface area (Å²) in [4.78, 5) is 11.6. The lowest BCUT2D eigenvalue weighted by Crippen LogP contribution is -2.42. The molecule has 23 heavy (non-hydrogen) atoms. The molecule has 0 aliphatic carbocycles. The van der Waals surface area contributed by atoms with Gasteiger partial charge in [0.05, 0.1) is 18.8 Å². The van der Waals surface area contributed by atoms with Crippen molar-refractivity contribution < 1.29 is 13.2 Å². The van der Waals surface area contributed by atoms with Crippen LogP contribution in [0.15, 0.2) is 10.4 Å². The summed E-state index contributed by atoms with van der Waals surface area (Å²) < 4.78 is 36.7. The van der Waals surface area contributed by atoms with E-state index < -0.39 is 12.7 Å². The Bertz CT molecular complexity index is 500. The van der Waals surface area contributed by atoms with Gasteiger partial charge in [-0.15, -0.1) is 11.3 Å². The molecule has 1 heterocycles. The zero-order valence-electron chi connectivity index (χ0n) is 13.7. The van der Waals surface area contributed by atoms with Gasteiger partial charge < -0.3 is 15.5 Å². The molecule has 1 rings (SSSR count). The summed E-state index contributed by atoms with van der Waals surface area (Å²) in [7, 11) is 6.90. The van der Waals surface area contributed by atoms with Crippen LogP contribution in [0.1, 0.15) is 5.69 Å². The number of hydrogen-bond acceptors (Lipinski definition) is 5. The summed E-state index contributed by atoms with van der Waals surface area (Å²) in [6.07, 6.45) is -4.18. The molecular formula is C13H23F3N6S. The van der Waals surface area contributed by atoms with Gasteiger partial charge in [-0.1, -0.05) is 0 Å². The van der Waals surface area contributed by atoms with Gasteiger partial charge in [-0.25, -0.2) is 4.98 Å². The Hall–Kier alpha value is -1.55. The van der Waals surface area contributed by atoms with Crippen LogP contribution < -0.4 is 15.5 Å². The van der Waals surface area contributed by atoms with Crippen LogP contribution in [-0.4, -0.2) is 69.8 Å². The molecule has 0 unspecified atom stereocenters. The van der Waals surface area contributed by atoms with Crippen LogP contribution >= 0.6 is 11.3 Å². The van der Waals surface area contributed by atoms with Gasteiger partial charge in [0, 0.05) is 39.6 Å². The van der Waals surface area contributed by atoms with Gasteiger partial charge >= 0.3 is 6.18 Å². The van der Waals surface area contributed by atoms with Crippen molar-refractivity contribution in [1.29, 1.82) is 0 Å². The Balaban J connectivity index is 2.32. The molecule has 0 amide bonds. The molecule has 0 aromatic carbocycles. The van der Waals surface area contributed by atoms with Crippen LogP contribution in [0, 0.1) is 0 Å². The van der Waals surface area contributed by atoms with E-state index in [0.29, 0.717) is 19.0 Å². The second-order valence-electron chi connectivity index (χ2n) is 5.22. The molecule has 6 nitrogen and oxygen atoms in total. The molecule has 0 radical (unpaired) electrons. The molecule has 2 N–H and O–H groups in total. The van der Waals surface area contributed by atoms with Crippen molar-refractivity contribution in [1.82, 2.24) is 20.5 Å². The molecule has 0 aliphatic heterocycles. The first-order chi connectivity index (χ1) is 10.7. The lowest BCUT2D eigenvalue weighted by Gasteiger charge is -2.19. The number of likely N-dealkylation sites (N-methyl/N-ethyl adjacent to an activating group) is 1. The van der Waals surface area contributed by atoms with E-state index in [-0.39, 0.29) is 6.54 Å². The van der Waals surface area contributed by atoms with Gasteiger partial charge in [0.15, 0.2) is 11.1 Å². The van der Waals surface area contributed by atoms with E-state index >= 15 is 0 Å². The van der Waals surface area contributed by atoms with E-state index in [0.717, 1.165) is 10.8 Å². The lowest BCUT2D eigenvalue weighted by molar-refractivity contribution is -0.142. The normalized spacial score (nSPS) is 12.6. The van der Waals surface area contributed by atoms with Crippen molar-refractivity contribution in [3.63, 3.8) is 0 Å². The summed E-state index contributed by atoms with van der Waals surface area (Å²) in [5, 5.41) is 8.93. The number of thiazole rings is 1. The number of alkyl halides is 3. The van der Waals surface area contributed by atoms with Crippen molar-refractivity contribution in [2.24, 2.45) is 4.99 Å². The zero-order valence-corrected chi connectivity index (χ0v) is 14.6. The Morgan fingerprint density at radius 2 is 2.00 bits per heavy atom. The summed E-state index contributed by atoms with van der Waals surface area (Å²) >= 11 is 1.55. The van der Waals surface area contributed by atoms with Crippen LogP contribution in [0.3, 0.4) is 0 Å². The maximum atomic E-state index is 12.2. The highest BCUT2D eigenvalue weighted by Gasteiger charge is 2.28. The maximum absolute atomic E-state index is 12.2. The average Bonchev–Trinajstić information content (AvgIpc) is 2.89. The van der Waals surface area contributed by atoms with Crippen molar-refractivity contribution in [3.05, 3.63) is 11.1 Å². The fraction of sp³-hybridized carbons (Fsp3) is 0.692. The Kier molecular flexibility index (Phi) is 7.56. The predicted molar refractivity (Wildman–Crippen MR) is 88.2 cm³/mol. The van der Waals surface area contributed by atoms with E-state index in [1.165, 1.54) is 11.9 Å². The fourth-order valence-corrected chi connectivity index (χ4v) is 2.49. The van der Waals surface area contributed by atoms with Gasteiger partial charge in [0.2, 0.25) is 0 Å².